The maximum Gasteiger partial charge on any atom is 0.463 e. The van der Waals surface area contributed by atoms with Gasteiger partial charge in [-0.05, 0) is 13.0 Å². The van der Waals surface area contributed by atoms with E-state index >= 15 is 0 Å². The zero-order valence-corrected chi connectivity index (χ0v) is 9.79. The van der Waals surface area contributed by atoms with Crippen LogP contribution in [-0.4, -0.2) is 22.9 Å². The minimum absolute atomic E-state index is 0.163. The largest absolute Gasteiger partial charge is 0.463 e. The van der Waals surface area contributed by atoms with Crippen LogP contribution in [0.15, 0.2) is 18.2 Å². The van der Waals surface area contributed by atoms with Crippen molar-refractivity contribution in [3.05, 3.63) is 33.9 Å². The van der Waals surface area contributed by atoms with E-state index in [9.17, 15) is 36.9 Å². The van der Waals surface area contributed by atoms with Crippen molar-refractivity contribution in [2.75, 3.05) is 5.32 Å². The summed E-state index contributed by atoms with van der Waals surface area (Å²) in [5.41, 5.74) is -0.884. The predicted octanol–water partition coefficient (Wildman–Crippen LogP) is 3.04. The highest BCUT2D eigenvalue weighted by atomic mass is 19.4. The average molecular weight is 298 g/mol. The minimum atomic E-state index is -6.05. The third kappa shape index (κ3) is 3.00. The van der Waals surface area contributed by atoms with E-state index in [2.05, 4.69) is 0 Å². The van der Waals surface area contributed by atoms with Gasteiger partial charge in [0.25, 0.3) is 5.69 Å². The first-order chi connectivity index (χ1) is 8.96. The van der Waals surface area contributed by atoms with Crippen molar-refractivity contribution in [3.63, 3.8) is 0 Å². The molecule has 0 unspecified atom stereocenters. The molecule has 1 amide bonds. The van der Waals surface area contributed by atoms with Gasteiger partial charge in [-0.2, -0.15) is 22.0 Å². The number of alkyl halides is 5. The molecule has 0 aliphatic heterocycles. The number of amides is 1. The first-order valence-electron chi connectivity index (χ1n) is 4.98. The number of nitro groups is 1. The van der Waals surface area contributed by atoms with E-state index in [4.69, 9.17) is 0 Å². The Kier molecular flexibility index (Phi) is 3.97. The number of nitro benzene ring substituents is 1. The zero-order valence-electron chi connectivity index (χ0n) is 9.79. The molecule has 1 N–H and O–H groups in total. The smallest absolute Gasteiger partial charge is 0.320 e. The highest BCUT2D eigenvalue weighted by molar-refractivity contribution is 5.97. The lowest BCUT2D eigenvalue weighted by Crippen LogP contribution is -2.47. The fourth-order valence-electron chi connectivity index (χ4n) is 1.22. The molecule has 0 aliphatic carbocycles. The molecule has 0 fully saturated rings. The quantitative estimate of drug-likeness (QED) is 0.529. The molecule has 5 nitrogen and oxygen atoms in total. The average Bonchev–Trinajstić information content (AvgIpc) is 2.29. The molecule has 0 aromatic heterocycles. The summed E-state index contributed by atoms with van der Waals surface area (Å²) in [4.78, 5) is 20.6. The molecule has 0 heterocycles. The Morgan fingerprint density at radius 2 is 1.80 bits per heavy atom. The second kappa shape index (κ2) is 5.02. The molecule has 1 aromatic carbocycles. The summed E-state index contributed by atoms with van der Waals surface area (Å²) >= 11 is 0. The van der Waals surface area contributed by atoms with Gasteiger partial charge in [0, 0.05) is 17.3 Å². The second-order valence-corrected chi connectivity index (χ2v) is 3.78. The molecule has 1 rings (SSSR count). The highest BCUT2D eigenvalue weighted by Crippen LogP contribution is 2.36. The molecular weight excluding hydrogens is 291 g/mol. The maximum atomic E-state index is 12.7. The van der Waals surface area contributed by atoms with Crippen LogP contribution >= 0.6 is 0 Å². The molecule has 10 heteroatoms. The first kappa shape index (κ1) is 15.8. The van der Waals surface area contributed by atoms with Crippen molar-refractivity contribution >= 4 is 17.3 Å². The number of hydrogen-bond acceptors (Lipinski definition) is 3. The normalized spacial score (nSPS) is 12.1. The number of carbonyl (C=O) groups is 1. The van der Waals surface area contributed by atoms with E-state index < -0.39 is 34.3 Å². The third-order valence-corrected chi connectivity index (χ3v) is 2.30. The number of benzene rings is 1. The molecule has 0 aliphatic rings. The van der Waals surface area contributed by atoms with Gasteiger partial charge < -0.3 is 5.32 Å². The maximum absolute atomic E-state index is 12.7. The van der Waals surface area contributed by atoms with Crippen molar-refractivity contribution in [1.82, 2.24) is 0 Å². The van der Waals surface area contributed by atoms with Gasteiger partial charge in [0.2, 0.25) is 0 Å². The third-order valence-electron chi connectivity index (χ3n) is 2.30. The molecular formula is C10H7F5N2O3. The number of hydrogen-bond donors (Lipinski definition) is 1. The van der Waals surface area contributed by atoms with E-state index in [1.807, 2.05) is 0 Å². The van der Waals surface area contributed by atoms with E-state index in [1.54, 1.807) is 0 Å². The van der Waals surface area contributed by atoms with Crippen molar-refractivity contribution in [1.29, 1.82) is 0 Å². The molecule has 0 spiro atoms. The first-order valence-corrected chi connectivity index (χ1v) is 4.98. The Morgan fingerprint density at radius 3 is 2.25 bits per heavy atom. The van der Waals surface area contributed by atoms with E-state index in [-0.39, 0.29) is 5.56 Å². The lowest BCUT2D eigenvalue weighted by molar-refractivity contribution is -0.385. The van der Waals surface area contributed by atoms with Gasteiger partial charge in [-0.15, -0.1) is 0 Å². The standard InChI is InChI=1S/C10H7F5N2O3/c1-5-2-3-6(4-7(5)17(19)20)16-8(18)9(11,12)10(13,14)15/h2-4H,1H3,(H,16,18). The number of anilines is 1. The van der Waals surface area contributed by atoms with Crippen molar-refractivity contribution in [3.8, 4) is 0 Å². The Bertz CT molecular complexity index is 556. The van der Waals surface area contributed by atoms with Gasteiger partial charge in [-0.1, -0.05) is 6.07 Å². The molecule has 0 saturated carbocycles. The van der Waals surface area contributed by atoms with Crippen molar-refractivity contribution < 1.29 is 31.7 Å². The number of rotatable bonds is 3. The molecule has 0 bridgehead atoms. The van der Waals surface area contributed by atoms with Crippen LogP contribution in [0, 0.1) is 17.0 Å². The summed E-state index contributed by atoms with van der Waals surface area (Å²) in [6.07, 6.45) is -6.05. The van der Waals surface area contributed by atoms with Crippen LogP contribution in [0.4, 0.5) is 33.3 Å². The van der Waals surface area contributed by atoms with Crippen molar-refractivity contribution in [2.45, 2.75) is 19.0 Å². The number of carbonyl (C=O) groups excluding carboxylic acids is 1. The SMILES string of the molecule is Cc1ccc(NC(=O)C(F)(F)C(F)(F)F)cc1[N+](=O)[O-]. The summed E-state index contributed by atoms with van der Waals surface area (Å²) in [7, 11) is 0. The molecule has 1 aromatic rings. The molecule has 0 radical (unpaired) electrons. The topological polar surface area (TPSA) is 72.2 Å². The van der Waals surface area contributed by atoms with Gasteiger partial charge in [-0.25, -0.2) is 0 Å². The van der Waals surface area contributed by atoms with Gasteiger partial charge in [0.15, 0.2) is 0 Å². The Morgan fingerprint density at radius 1 is 1.25 bits per heavy atom. The summed E-state index contributed by atoms with van der Waals surface area (Å²) in [6.45, 7) is 1.34. The fourth-order valence-corrected chi connectivity index (χ4v) is 1.22. The molecule has 110 valence electrons. The zero-order chi connectivity index (χ0) is 15.7. The monoisotopic (exact) mass is 298 g/mol. The summed E-state index contributed by atoms with van der Waals surface area (Å²) in [6, 6.07) is 2.78. The van der Waals surface area contributed by atoms with Crippen LogP contribution in [0.5, 0.6) is 0 Å². The molecule has 0 saturated heterocycles. The van der Waals surface area contributed by atoms with E-state index in [0.717, 1.165) is 12.1 Å². The van der Waals surface area contributed by atoms with E-state index in [0.29, 0.717) is 6.07 Å². The summed E-state index contributed by atoms with van der Waals surface area (Å²) in [5.74, 6) is -8.20. The van der Waals surface area contributed by atoms with Crippen molar-refractivity contribution in [2.24, 2.45) is 0 Å². The van der Waals surface area contributed by atoms with Gasteiger partial charge in [0.05, 0.1) is 4.92 Å². The Labute approximate surface area is 108 Å². The van der Waals surface area contributed by atoms with Crippen LogP contribution in [0.2, 0.25) is 0 Å². The summed E-state index contributed by atoms with van der Waals surface area (Å²) < 4.78 is 61.2. The van der Waals surface area contributed by atoms with Crippen LogP contribution in [0.3, 0.4) is 0 Å². The second-order valence-electron chi connectivity index (χ2n) is 3.78. The van der Waals surface area contributed by atoms with Gasteiger partial charge >= 0.3 is 18.0 Å². The van der Waals surface area contributed by atoms with E-state index in [1.165, 1.54) is 12.2 Å². The lowest BCUT2D eigenvalue weighted by Gasteiger charge is -2.18. The van der Waals surface area contributed by atoms with Gasteiger partial charge in [-0.3, -0.25) is 14.9 Å². The number of aryl methyl sites for hydroxylation is 1. The van der Waals surface area contributed by atoms with Crippen LogP contribution < -0.4 is 5.32 Å². The summed E-state index contributed by atoms with van der Waals surface area (Å²) in [5, 5.41) is 11.9. The van der Waals surface area contributed by atoms with Crippen LogP contribution in [0.25, 0.3) is 0 Å². The van der Waals surface area contributed by atoms with Gasteiger partial charge in [0.1, 0.15) is 0 Å². The molecule has 20 heavy (non-hydrogen) atoms. The van der Waals surface area contributed by atoms with Crippen LogP contribution in [-0.2, 0) is 4.79 Å². The highest BCUT2D eigenvalue weighted by Gasteiger charge is 2.63. The Hall–Kier alpha value is -2.26. The van der Waals surface area contributed by atoms with Crippen LogP contribution in [0.1, 0.15) is 5.56 Å². The predicted molar refractivity (Wildman–Crippen MR) is 57.5 cm³/mol. The Balaban J connectivity index is 3.03. The number of nitrogens with one attached hydrogen (secondary N) is 1. The number of nitrogens with zero attached hydrogens (tertiary/aromatic N) is 1. The molecule has 0 atom stereocenters. The number of halogens is 5. The lowest BCUT2D eigenvalue weighted by atomic mass is 10.2. The minimum Gasteiger partial charge on any atom is -0.320 e. The fraction of sp³-hybridized carbons (Fsp3) is 0.300.